The van der Waals surface area contributed by atoms with Crippen LogP contribution in [0.15, 0.2) is 58.7 Å². The van der Waals surface area contributed by atoms with Crippen molar-refractivity contribution in [1.29, 1.82) is 5.26 Å². The van der Waals surface area contributed by atoms with Crippen LogP contribution in [-0.2, 0) is 4.79 Å². The zero-order valence-electron chi connectivity index (χ0n) is 13.4. The number of nitrogens with zero attached hydrogens (tertiary/aromatic N) is 2. The second kappa shape index (κ2) is 8.99. The van der Waals surface area contributed by atoms with E-state index in [1.165, 1.54) is 6.08 Å². The van der Waals surface area contributed by atoms with Gasteiger partial charge in [-0.15, -0.1) is 0 Å². The van der Waals surface area contributed by atoms with Crippen molar-refractivity contribution in [3.05, 3.63) is 70.0 Å². The van der Waals surface area contributed by atoms with Gasteiger partial charge in [0.1, 0.15) is 16.2 Å². The van der Waals surface area contributed by atoms with Crippen LogP contribution in [0.25, 0.3) is 6.08 Å². The molecule has 0 fully saturated rings. The topological polar surface area (TPSA) is 65.8 Å². The quantitative estimate of drug-likeness (QED) is 0.456. The summed E-state index contributed by atoms with van der Waals surface area (Å²) in [7, 11) is 0. The van der Waals surface area contributed by atoms with Crippen molar-refractivity contribution in [2.45, 2.75) is 25.8 Å². The number of hydrogen-bond donors (Lipinski definition) is 1. The fourth-order valence-electron chi connectivity index (χ4n) is 2.33. The van der Waals surface area contributed by atoms with Gasteiger partial charge in [0.05, 0.1) is 11.7 Å². The van der Waals surface area contributed by atoms with Gasteiger partial charge in [-0.1, -0.05) is 49.7 Å². The van der Waals surface area contributed by atoms with E-state index in [1.807, 2.05) is 36.4 Å². The van der Waals surface area contributed by atoms with Crippen LogP contribution in [0.3, 0.4) is 0 Å². The lowest BCUT2D eigenvalue weighted by Crippen LogP contribution is -2.29. The van der Waals surface area contributed by atoms with Crippen LogP contribution in [-0.4, -0.2) is 10.9 Å². The Hall–Kier alpha value is -2.45. The number of benzene rings is 1. The summed E-state index contributed by atoms with van der Waals surface area (Å²) in [5, 5.41) is 12.3. The van der Waals surface area contributed by atoms with Crippen LogP contribution >= 0.6 is 15.9 Å². The minimum atomic E-state index is -0.387. The molecule has 1 unspecified atom stereocenters. The van der Waals surface area contributed by atoms with Gasteiger partial charge in [0.15, 0.2) is 0 Å². The number of pyridine rings is 1. The summed E-state index contributed by atoms with van der Waals surface area (Å²) in [5.74, 6) is -0.387. The molecule has 0 spiro atoms. The van der Waals surface area contributed by atoms with Gasteiger partial charge in [-0.25, -0.2) is 4.98 Å². The number of amides is 1. The number of rotatable bonds is 6. The molecule has 4 nitrogen and oxygen atoms in total. The molecule has 0 aliphatic heterocycles. The van der Waals surface area contributed by atoms with Gasteiger partial charge in [-0.2, -0.15) is 5.26 Å². The average molecular weight is 384 g/mol. The van der Waals surface area contributed by atoms with Crippen molar-refractivity contribution in [2.24, 2.45) is 0 Å². The molecule has 0 aliphatic carbocycles. The van der Waals surface area contributed by atoms with Crippen molar-refractivity contribution in [2.75, 3.05) is 0 Å². The number of aromatic nitrogens is 1. The molecule has 5 heteroatoms. The molecule has 0 saturated heterocycles. The molecule has 0 bridgehead atoms. The lowest BCUT2D eigenvalue weighted by atomic mass is 10.0. The van der Waals surface area contributed by atoms with Crippen molar-refractivity contribution < 1.29 is 4.79 Å². The van der Waals surface area contributed by atoms with Crippen LogP contribution < -0.4 is 5.32 Å². The van der Waals surface area contributed by atoms with Gasteiger partial charge in [0.2, 0.25) is 0 Å². The fourth-order valence-corrected chi connectivity index (χ4v) is 2.69. The Morgan fingerprint density at radius 1 is 1.29 bits per heavy atom. The minimum Gasteiger partial charge on any atom is -0.345 e. The molecule has 1 N–H and O–H groups in total. The maximum atomic E-state index is 12.5. The number of hydrogen-bond acceptors (Lipinski definition) is 3. The number of halogens is 1. The summed E-state index contributed by atoms with van der Waals surface area (Å²) in [6.45, 7) is 2.06. The van der Waals surface area contributed by atoms with Crippen LogP contribution in [0.5, 0.6) is 0 Å². The number of nitrogens with one attached hydrogen (secondary N) is 1. The van der Waals surface area contributed by atoms with Gasteiger partial charge in [-0.05, 0) is 46.1 Å². The molecule has 1 aromatic heterocycles. The molecule has 122 valence electrons. The Labute approximate surface area is 150 Å². The number of nitriles is 1. The van der Waals surface area contributed by atoms with Gasteiger partial charge < -0.3 is 5.32 Å². The van der Waals surface area contributed by atoms with Crippen LogP contribution in [0, 0.1) is 11.3 Å². The molecule has 1 heterocycles. The molecular formula is C19H18BrN3O. The first kappa shape index (κ1) is 17.9. The Bertz CT molecular complexity index is 766. The Balaban J connectivity index is 2.20. The maximum absolute atomic E-state index is 12.5. The average Bonchev–Trinajstić information content (AvgIpc) is 2.60. The molecule has 0 radical (unpaired) electrons. The first-order chi connectivity index (χ1) is 11.6. The molecule has 1 aromatic carbocycles. The fraction of sp³-hybridized carbons (Fsp3) is 0.211. The maximum Gasteiger partial charge on any atom is 0.262 e. The van der Waals surface area contributed by atoms with E-state index in [0.717, 1.165) is 18.4 Å². The number of carbonyl (C=O) groups excluding carboxylic acids is 1. The second-order valence-corrected chi connectivity index (χ2v) is 6.09. The van der Waals surface area contributed by atoms with Gasteiger partial charge in [0, 0.05) is 0 Å². The normalized spacial score (nSPS) is 12.3. The smallest absolute Gasteiger partial charge is 0.262 e. The summed E-state index contributed by atoms with van der Waals surface area (Å²) in [4.78, 5) is 16.7. The third-order valence-corrected chi connectivity index (χ3v) is 3.92. The highest BCUT2D eigenvalue weighted by Crippen LogP contribution is 2.19. The molecular weight excluding hydrogens is 366 g/mol. The van der Waals surface area contributed by atoms with Gasteiger partial charge >= 0.3 is 0 Å². The van der Waals surface area contributed by atoms with E-state index in [0.29, 0.717) is 10.3 Å². The highest BCUT2D eigenvalue weighted by molar-refractivity contribution is 9.10. The van der Waals surface area contributed by atoms with E-state index in [4.69, 9.17) is 0 Å². The van der Waals surface area contributed by atoms with E-state index in [1.54, 1.807) is 18.2 Å². The summed E-state index contributed by atoms with van der Waals surface area (Å²) in [6, 6.07) is 17.0. The van der Waals surface area contributed by atoms with Crippen LogP contribution in [0.2, 0.25) is 0 Å². The summed E-state index contributed by atoms with van der Waals surface area (Å²) >= 11 is 3.28. The lowest BCUT2D eigenvalue weighted by molar-refractivity contribution is -0.117. The van der Waals surface area contributed by atoms with Gasteiger partial charge in [0.25, 0.3) is 5.91 Å². The van der Waals surface area contributed by atoms with E-state index in [2.05, 4.69) is 33.2 Å². The van der Waals surface area contributed by atoms with Crippen molar-refractivity contribution in [3.63, 3.8) is 0 Å². The largest absolute Gasteiger partial charge is 0.345 e. The van der Waals surface area contributed by atoms with Crippen molar-refractivity contribution >= 4 is 27.9 Å². The zero-order valence-corrected chi connectivity index (χ0v) is 15.0. The zero-order chi connectivity index (χ0) is 17.4. The van der Waals surface area contributed by atoms with E-state index >= 15 is 0 Å². The Morgan fingerprint density at radius 3 is 2.67 bits per heavy atom. The van der Waals surface area contributed by atoms with E-state index < -0.39 is 0 Å². The summed E-state index contributed by atoms with van der Waals surface area (Å²) in [6.07, 6.45) is 3.23. The molecule has 1 amide bonds. The molecule has 2 aromatic rings. The number of carbonyl (C=O) groups is 1. The predicted molar refractivity (Wildman–Crippen MR) is 97.8 cm³/mol. The molecule has 24 heavy (non-hydrogen) atoms. The van der Waals surface area contributed by atoms with Crippen molar-refractivity contribution in [1.82, 2.24) is 10.3 Å². The van der Waals surface area contributed by atoms with Crippen LogP contribution in [0.4, 0.5) is 0 Å². The SMILES string of the molecule is CCCC(NC(=O)/C(C#N)=C/c1cccc(Br)n1)c1ccccc1. The molecule has 2 rings (SSSR count). The van der Waals surface area contributed by atoms with Crippen molar-refractivity contribution in [3.8, 4) is 6.07 Å². The molecule has 1 atom stereocenters. The highest BCUT2D eigenvalue weighted by atomic mass is 79.9. The highest BCUT2D eigenvalue weighted by Gasteiger charge is 2.16. The monoisotopic (exact) mass is 383 g/mol. The summed E-state index contributed by atoms with van der Waals surface area (Å²) in [5.41, 5.74) is 1.63. The Kier molecular flexibility index (Phi) is 6.71. The lowest BCUT2D eigenvalue weighted by Gasteiger charge is -2.18. The third-order valence-electron chi connectivity index (χ3n) is 3.48. The minimum absolute atomic E-state index is 0.0395. The van der Waals surface area contributed by atoms with E-state index in [9.17, 15) is 10.1 Å². The second-order valence-electron chi connectivity index (χ2n) is 5.28. The first-order valence-corrected chi connectivity index (χ1v) is 8.53. The standard InChI is InChI=1S/C19H18BrN3O/c1-2-7-17(14-8-4-3-5-9-14)23-19(24)15(13-21)12-16-10-6-11-18(20)22-16/h3-6,8-12,17H,2,7H2,1H3,(H,23,24)/b15-12+. The first-order valence-electron chi connectivity index (χ1n) is 7.74. The predicted octanol–water partition coefficient (Wildman–Crippen LogP) is 4.41. The third kappa shape index (κ3) is 5.04. The van der Waals surface area contributed by atoms with Gasteiger partial charge in [-0.3, -0.25) is 4.79 Å². The molecule has 0 aliphatic rings. The Morgan fingerprint density at radius 2 is 2.04 bits per heavy atom. The van der Waals surface area contributed by atoms with E-state index in [-0.39, 0.29) is 17.5 Å². The summed E-state index contributed by atoms with van der Waals surface area (Å²) < 4.78 is 0.655. The van der Waals surface area contributed by atoms with Crippen LogP contribution in [0.1, 0.15) is 37.1 Å². The molecule has 0 saturated carbocycles.